The first-order valence-corrected chi connectivity index (χ1v) is 7.78. The molecule has 0 radical (unpaired) electrons. The Morgan fingerprint density at radius 2 is 1.74 bits per heavy atom. The molecule has 2 rings (SSSR count). The highest BCUT2D eigenvalue weighted by Crippen LogP contribution is 2.27. The van der Waals surface area contributed by atoms with E-state index in [1.807, 2.05) is 20.8 Å². The van der Waals surface area contributed by atoms with Gasteiger partial charge in [0.25, 0.3) is 0 Å². The van der Waals surface area contributed by atoms with Crippen LogP contribution in [0.2, 0.25) is 0 Å². The number of aromatic hydroxyl groups is 1. The fourth-order valence-corrected chi connectivity index (χ4v) is 2.13. The highest BCUT2D eigenvalue weighted by molar-refractivity contribution is 6.10. The fraction of sp³-hybridized carbons (Fsp3) is 0.316. The van der Waals surface area contributed by atoms with E-state index in [-0.39, 0.29) is 23.2 Å². The Morgan fingerprint density at radius 3 is 2.30 bits per heavy atom. The van der Waals surface area contributed by atoms with Gasteiger partial charge < -0.3 is 14.6 Å². The predicted octanol–water partition coefficient (Wildman–Crippen LogP) is 4.20. The zero-order chi connectivity index (χ0) is 16.8. The van der Waals surface area contributed by atoms with Crippen molar-refractivity contribution >= 4 is 5.78 Å². The van der Waals surface area contributed by atoms with Gasteiger partial charge >= 0.3 is 0 Å². The average molecular weight is 314 g/mol. The van der Waals surface area contributed by atoms with Crippen molar-refractivity contribution in [2.24, 2.45) is 0 Å². The van der Waals surface area contributed by atoms with E-state index >= 15 is 0 Å². The van der Waals surface area contributed by atoms with Crippen LogP contribution in [0.25, 0.3) is 0 Å². The second-order valence-corrected chi connectivity index (χ2v) is 5.55. The first kappa shape index (κ1) is 16.9. The molecule has 0 aliphatic carbocycles. The van der Waals surface area contributed by atoms with E-state index in [0.29, 0.717) is 17.9 Å². The zero-order valence-electron chi connectivity index (χ0n) is 13.7. The molecule has 0 atom stereocenters. The van der Waals surface area contributed by atoms with E-state index in [1.165, 1.54) is 6.07 Å². The smallest absolute Gasteiger partial charge is 0.196 e. The number of carbonyl (C=O) groups excluding carboxylic acids is 1. The van der Waals surface area contributed by atoms with Crippen molar-refractivity contribution in [2.45, 2.75) is 33.3 Å². The lowest BCUT2D eigenvalue weighted by molar-refractivity contribution is 0.103. The Balaban J connectivity index is 2.16. The third-order valence-corrected chi connectivity index (χ3v) is 3.17. The fourth-order valence-electron chi connectivity index (χ4n) is 2.13. The molecule has 0 unspecified atom stereocenters. The molecule has 0 saturated carbocycles. The van der Waals surface area contributed by atoms with Gasteiger partial charge in [0.15, 0.2) is 5.78 Å². The van der Waals surface area contributed by atoms with Crippen molar-refractivity contribution in [1.82, 2.24) is 0 Å². The molecule has 0 bridgehead atoms. The summed E-state index contributed by atoms with van der Waals surface area (Å²) in [5, 5.41) is 10.1. The maximum Gasteiger partial charge on any atom is 0.196 e. The molecule has 0 amide bonds. The molecule has 4 nitrogen and oxygen atoms in total. The molecule has 2 aromatic carbocycles. The number of phenols is 1. The number of hydrogen-bond donors (Lipinski definition) is 1. The molecule has 122 valence electrons. The Kier molecular flexibility index (Phi) is 5.63. The van der Waals surface area contributed by atoms with E-state index in [1.54, 1.807) is 36.4 Å². The molecule has 0 aliphatic rings. The summed E-state index contributed by atoms with van der Waals surface area (Å²) < 4.78 is 11.0. The highest BCUT2D eigenvalue weighted by Gasteiger charge is 2.14. The lowest BCUT2D eigenvalue weighted by Gasteiger charge is -2.11. The summed E-state index contributed by atoms with van der Waals surface area (Å²) in [6.45, 7) is 6.48. The van der Waals surface area contributed by atoms with Gasteiger partial charge in [-0.3, -0.25) is 4.79 Å². The van der Waals surface area contributed by atoms with Gasteiger partial charge in [-0.25, -0.2) is 0 Å². The summed E-state index contributed by atoms with van der Waals surface area (Å²) in [4.78, 5) is 12.5. The van der Waals surface area contributed by atoms with Crippen molar-refractivity contribution in [1.29, 1.82) is 0 Å². The first-order valence-electron chi connectivity index (χ1n) is 7.78. The van der Waals surface area contributed by atoms with Gasteiger partial charge in [0.1, 0.15) is 17.2 Å². The quantitative estimate of drug-likeness (QED) is 0.778. The van der Waals surface area contributed by atoms with Crippen LogP contribution in [-0.2, 0) is 0 Å². The zero-order valence-corrected chi connectivity index (χ0v) is 13.7. The monoisotopic (exact) mass is 314 g/mol. The maximum absolute atomic E-state index is 12.5. The largest absolute Gasteiger partial charge is 0.507 e. The van der Waals surface area contributed by atoms with Crippen LogP contribution in [0.15, 0.2) is 42.5 Å². The van der Waals surface area contributed by atoms with E-state index < -0.39 is 0 Å². The van der Waals surface area contributed by atoms with Gasteiger partial charge in [-0.15, -0.1) is 0 Å². The minimum absolute atomic E-state index is 0.00613. The minimum Gasteiger partial charge on any atom is -0.507 e. The van der Waals surface area contributed by atoms with Crippen LogP contribution in [0.4, 0.5) is 0 Å². The molecule has 4 heteroatoms. The highest BCUT2D eigenvalue weighted by atomic mass is 16.5. The van der Waals surface area contributed by atoms with Crippen molar-refractivity contribution in [3.05, 3.63) is 53.6 Å². The van der Waals surface area contributed by atoms with Crippen molar-refractivity contribution in [2.75, 3.05) is 6.61 Å². The summed E-state index contributed by atoms with van der Waals surface area (Å²) in [6.07, 6.45) is 0.936. The van der Waals surface area contributed by atoms with E-state index in [0.717, 1.165) is 12.2 Å². The van der Waals surface area contributed by atoms with Gasteiger partial charge in [0.2, 0.25) is 0 Å². The number of benzene rings is 2. The van der Waals surface area contributed by atoms with Gasteiger partial charge in [-0.05, 0) is 56.7 Å². The van der Waals surface area contributed by atoms with Crippen molar-refractivity contribution in [3.63, 3.8) is 0 Å². The maximum atomic E-state index is 12.5. The molecule has 0 spiro atoms. The minimum atomic E-state index is -0.236. The molecule has 0 fully saturated rings. The SMILES string of the molecule is CCCOc1ccc(C(=O)c2ccc(OC(C)C)cc2O)cc1. The lowest BCUT2D eigenvalue weighted by atomic mass is 10.0. The first-order chi connectivity index (χ1) is 11.0. The Hall–Kier alpha value is -2.49. The van der Waals surface area contributed by atoms with Gasteiger partial charge in [-0.1, -0.05) is 6.92 Å². The van der Waals surface area contributed by atoms with E-state index in [2.05, 4.69) is 0 Å². The van der Waals surface area contributed by atoms with Crippen LogP contribution in [0.3, 0.4) is 0 Å². The number of carbonyl (C=O) groups is 1. The van der Waals surface area contributed by atoms with E-state index in [9.17, 15) is 9.90 Å². The number of hydrogen-bond acceptors (Lipinski definition) is 4. The van der Waals surface area contributed by atoms with Crippen molar-refractivity contribution in [3.8, 4) is 17.2 Å². The van der Waals surface area contributed by atoms with Gasteiger partial charge in [-0.2, -0.15) is 0 Å². The van der Waals surface area contributed by atoms with Crippen molar-refractivity contribution < 1.29 is 19.4 Å². The third-order valence-electron chi connectivity index (χ3n) is 3.17. The molecule has 2 aromatic rings. The predicted molar refractivity (Wildman–Crippen MR) is 89.5 cm³/mol. The summed E-state index contributed by atoms with van der Waals surface area (Å²) in [5.41, 5.74) is 0.755. The summed E-state index contributed by atoms with van der Waals surface area (Å²) in [7, 11) is 0. The summed E-state index contributed by atoms with van der Waals surface area (Å²) in [5.74, 6) is 0.950. The Morgan fingerprint density at radius 1 is 1.09 bits per heavy atom. The van der Waals surface area contributed by atoms with Crippen LogP contribution in [-0.4, -0.2) is 23.6 Å². The molecular weight excluding hydrogens is 292 g/mol. The van der Waals surface area contributed by atoms with Crippen LogP contribution < -0.4 is 9.47 Å². The molecule has 0 aliphatic heterocycles. The Bertz CT molecular complexity index is 660. The molecule has 23 heavy (non-hydrogen) atoms. The van der Waals surface area contributed by atoms with Crippen LogP contribution >= 0.6 is 0 Å². The van der Waals surface area contributed by atoms with Crippen LogP contribution in [0.1, 0.15) is 43.1 Å². The lowest BCUT2D eigenvalue weighted by Crippen LogP contribution is -2.06. The summed E-state index contributed by atoms with van der Waals surface area (Å²) in [6, 6.07) is 11.7. The summed E-state index contributed by atoms with van der Waals surface area (Å²) >= 11 is 0. The third kappa shape index (κ3) is 4.49. The molecule has 0 aromatic heterocycles. The van der Waals surface area contributed by atoms with Gasteiger partial charge in [0, 0.05) is 11.6 Å². The normalized spacial score (nSPS) is 10.6. The van der Waals surface area contributed by atoms with Gasteiger partial charge in [0.05, 0.1) is 18.3 Å². The van der Waals surface area contributed by atoms with Crippen LogP contribution in [0.5, 0.6) is 17.2 Å². The number of ketones is 1. The number of rotatable bonds is 7. The van der Waals surface area contributed by atoms with Crippen LogP contribution in [0, 0.1) is 0 Å². The average Bonchev–Trinajstić information content (AvgIpc) is 2.52. The van der Waals surface area contributed by atoms with E-state index in [4.69, 9.17) is 9.47 Å². The molecule has 0 heterocycles. The topological polar surface area (TPSA) is 55.8 Å². The molecule has 0 saturated heterocycles. The number of ether oxygens (including phenoxy) is 2. The molecule has 1 N–H and O–H groups in total. The number of phenolic OH excluding ortho intramolecular Hbond substituents is 1. The second-order valence-electron chi connectivity index (χ2n) is 5.55. The molecular formula is C19H22O4. The standard InChI is InChI=1S/C19H22O4/c1-4-11-22-15-7-5-14(6-8-15)19(21)17-10-9-16(12-18(17)20)23-13(2)3/h5-10,12-13,20H,4,11H2,1-3H3. The Labute approximate surface area is 136 Å². The second kappa shape index (κ2) is 7.68.